The molecule has 3 rings (SSSR count). The second kappa shape index (κ2) is 3.23. The summed E-state index contributed by atoms with van der Waals surface area (Å²) in [5.41, 5.74) is 0. The van der Waals surface area contributed by atoms with Crippen LogP contribution in [0.3, 0.4) is 0 Å². The molecule has 3 saturated heterocycles. The Labute approximate surface area is 67.9 Å². The fourth-order valence-electron chi connectivity index (χ4n) is 1.44. The summed E-state index contributed by atoms with van der Waals surface area (Å²) in [6.07, 6.45) is -4.46. The van der Waals surface area contributed by atoms with E-state index in [4.69, 9.17) is 14.6 Å². The Morgan fingerprint density at radius 2 is 1.75 bits per heavy atom. The molecule has 0 amide bonds. The molecule has 0 aromatic heterocycles. The minimum absolute atomic E-state index is 0. The normalized spacial score (nSPS) is 51.8. The van der Waals surface area contributed by atoms with Gasteiger partial charge >= 0.3 is 0 Å². The first-order valence-electron chi connectivity index (χ1n) is 3.51. The van der Waals surface area contributed by atoms with Crippen molar-refractivity contribution in [3.63, 3.8) is 0 Å². The van der Waals surface area contributed by atoms with Crippen molar-refractivity contribution in [2.45, 2.75) is 30.7 Å². The van der Waals surface area contributed by atoms with Gasteiger partial charge in [-0.15, -0.1) is 0 Å². The third kappa shape index (κ3) is 1.21. The van der Waals surface area contributed by atoms with Crippen LogP contribution < -0.4 is 0 Å². The maximum Gasteiger partial charge on any atom is 0.184 e. The molecule has 0 aromatic rings. The van der Waals surface area contributed by atoms with Gasteiger partial charge in [0.25, 0.3) is 0 Å². The van der Waals surface area contributed by atoms with Gasteiger partial charge in [-0.3, -0.25) is 4.70 Å². The van der Waals surface area contributed by atoms with Crippen LogP contribution >= 0.6 is 0 Å². The van der Waals surface area contributed by atoms with E-state index < -0.39 is 30.7 Å². The molecule has 3 aliphatic rings. The molecule has 0 aromatic carbocycles. The lowest BCUT2D eigenvalue weighted by atomic mass is 9.96. The molecule has 5 nitrogen and oxygen atoms in total. The summed E-state index contributed by atoms with van der Waals surface area (Å²) >= 11 is 0. The second-order valence-electron chi connectivity index (χ2n) is 2.84. The van der Waals surface area contributed by atoms with E-state index in [0.717, 1.165) is 0 Å². The Hall–Kier alpha value is -0.270. The maximum atomic E-state index is 9.22. The number of halogens is 1. The molecule has 3 fully saturated rings. The molecule has 3 aliphatic heterocycles. The van der Waals surface area contributed by atoms with E-state index >= 15 is 0 Å². The van der Waals surface area contributed by atoms with E-state index in [9.17, 15) is 10.2 Å². The van der Waals surface area contributed by atoms with Gasteiger partial charge in [0, 0.05) is 0 Å². The van der Waals surface area contributed by atoms with Crippen molar-refractivity contribution >= 4 is 0 Å². The Morgan fingerprint density at radius 3 is 2.17 bits per heavy atom. The second-order valence-corrected chi connectivity index (χ2v) is 2.84. The SMILES string of the molecule is F.OC1O[C@@H]2CO[C@@H]1[C@@H](O)[C@@H]2O. The van der Waals surface area contributed by atoms with Crippen LogP contribution in [0.5, 0.6) is 0 Å². The van der Waals surface area contributed by atoms with Gasteiger partial charge in [0.1, 0.15) is 24.4 Å². The highest BCUT2D eigenvalue weighted by Crippen LogP contribution is 2.27. The summed E-state index contributed by atoms with van der Waals surface area (Å²) in [7, 11) is 0. The van der Waals surface area contributed by atoms with E-state index in [2.05, 4.69) is 0 Å². The smallest absolute Gasteiger partial charge is 0.184 e. The standard InChI is InChI=1S/C6H10O5.FH/c7-3-2-1-10-5(4(3)8)6(9)11-2;/h2-9H,1H2;1H/t2-,3-,4+,5-,6?;/m1./s1. The van der Waals surface area contributed by atoms with Crippen LogP contribution in [0, 0.1) is 0 Å². The van der Waals surface area contributed by atoms with E-state index in [1.165, 1.54) is 0 Å². The number of aliphatic hydroxyl groups excluding tert-OH is 3. The van der Waals surface area contributed by atoms with Crippen LogP contribution in [-0.4, -0.2) is 52.6 Å². The van der Waals surface area contributed by atoms with Crippen LogP contribution in [0.4, 0.5) is 4.70 Å². The Kier molecular flexibility index (Phi) is 2.64. The van der Waals surface area contributed by atoms with Crippen molar-refractivity contribution in [3.05, 3.63) is 0 Å². The molecule has 0 spiro atoms. The van der Waals surface area contributed by atoms with Gasteiger partial charge in [0.2, 0.25) is 0 Å². The molecule has 1 unspecified atom stereocenters. The minimum Gasteiger partial charge on any atom is -0.387 e. The average molecular weight is 182 g/mol. The predicted molar refractivity (Wildman–Crippen MR) is 35.1 cm³/mol. The van der Waals surface area contributed by atoms with Gasteiger partial charge < -0.3 is 24.8 Å². The van der Waals surface area contributed by atoms with Gasteiger partial charge in [-0.05, 0) is 0 Å². The number of ether oxygens (including phenoxy) is 2. The zero-order valence-corrected chi connectivity index (χ0v) is 6.16. The first kappa shape index (κ1) is 9.82. The van der Waals surface area contributed by atoms with Crippen molar-refractivity contribution in [2.24, 2.45) is 0 Å². The van der Waals surface area contributed by atoms with Crippen molar-refractivity contribution in [2.75, 3.05) is 6.61 Å². The summed E-state index contributed by atoms with van der Waals surface area (Å²) in [4.78, 5) is 0. The molecule has 0 saturated carbocycles. The third-order valence-corrected chi connectivity index (χ3v) is 2.12. The molecule has 72 valence electrons. The number of hydrogen-bond donors (Lipinski definition) is 3. The lowest BCUT2D eigenvalue weighted by molar-refractivity contribution is -0.343. The largest absolute Gasteiger partial charge is 0.387 e. The summed E-state index contributed by atoms with van der Waals surface area (Å²) in [6.45, 7) is 0.236. The predicted octanol–water partition coefficient (Wildman–Crippen LogP) is -2.02. The first-order valence-corrected chi connectivity index (χ1v) is 3.51. The molecule has 5 atom stereocenters. The highest BCUT2D eigenvalue weighted by molar-refractivity contribution is 4.93. The van der Waals surface area contributed by atoms with Crippen LogP contribution in [0.25, 0.3) is 0 Å². The Bertz CT molecular complexity index is 164. The molecule has 3 heterocycles. The molecule has 6 heteroatoms. The fourth-order valence-corrected chi connectivity index (χ4v) is 1.44. The Morgan fingerprint density at radius 1 is 1.08 bits per heavy atom. The first-order chi connectivity index (χ1) is 5.20. The van der Waals surface area contributed by atoms with Gasteiger partial charge in [-0.1, -0.05) is 0 Å². The number of rotatable bonds is 0. The Balaban J connectivity index is 0.000000720. The van der Waals surface area contributed by atoms with E-state index in [1.807, 2.05) is 0 Å². The van der Waals surface area contributed by atoms with Gasteiger partial charge in [0.05, 0.1) is 6.61 Å². The van der Waals surface area contributed by atoms with E-state index in [-0.39, 0.29) is 11.3 Å². The van der Waals surface area contributed by atoms with Crippen molar-refractivity contribution in [1.29, 1.82) is 0 Å². The van der Waals surface area contributed by atoms with Crippen molar-refractivity contribution in [1.82, 2.24) is 0 Å². The summed E-state index contributed by atoms with van der Waals surface area (Å²) < 4.78 is 9.88. The quantitative estimate of drug-likeness (QED) is 0.403. The number of fused-ring (bicyclic) bond motifs is 3. The molecule has 2 bridgehead atoms. The van der Waals surface area contributed by atoms with Crippen LogP contribution in [0.15, 0.2) is 0 Å². The zero-order valence-electron chi connectivity index (χ0n) is 6.16. The molecular weight excluding hydrogens is 171 g/mol. The highest BCUT2D eigenvalue weighted by Gasteiger charge is 2.49. The lowest BCUT2D eigenvalue weighted by Crippen LogP contribution is -2.64. The zero-order chi connectivity index (χ0) is 8.01. The van der Waals surface area contributed by atoms with E-state index in [0.29, 0.717) is 0 Å². The molecular formula is C6H11FO5. The van der Waals surface area contributed by atoms with Crippen molar-refractivity contribution < 1.29 is 29.5 Å². The average Bonchev–Trinajstić information content (AvgIpc) is 1.99. The lowest BCUT2D eigenvalue weighted by Gasteiger charge is -2.45. The van der Waals surface area contributed by atoms with Crippen molar-refractivity contribution in [3.8, 4) is 0 Å². The number of aliphatic hydroxyl groups is 3. The molecule has 12 heavy (non-hydrogen) atoms. The third-order valence-electron chi connectivity index (χ3n) is 2.12. The molecule has 0 aliphatic carbocycles. The summed E-state index contributed by atoms with van der Waals surface area (Å²) in [5, 5.41) is 27.5. The van der Waals surface area contributed by atoms with Crippen LogP contribution in [0.1, 0.15) is 0 Å². The highest BCUT2D eigenvalue weighted by atomic mass is 19.0. The monoisotopic (exact) mass is 182 g/mol. The fraction of sp³-hybridized carbons (Fsp3) is 1.00. The van der Waals surface area contributed by atoms with Crippen LogP contribution in [0.2, 0.25) is 0 Å². The number of hydrogen-bond acceptors (Lipinski definition) is 5. The summed E-state index contributed by atoms with van der Waals surface area (Å²) in [6, 6.07) is 0. The van der Waals surface area contributed by atoms with Crippen LogP contribution in [-0.2, 0) is 9.47 Å². The summed E-state index contributed by atoms with van der Waals surface area (Å²) in [5.74, 6) is 0. The minimum atomic E-state index is -1.10. The maximum absolute atomic E-state index is 9.22. The molecule has 0 radical (unpaired) electrons. The van der Waals surface area contributed by atoms with Gasteiger partial charge in [-0.25, -0.2) is 0 Å². The van der Waals surface area contributed by atoms with E-state index in [1.54, 1.807) is 0 Å². The van der Waals surface area contributed by atoms with Gasteiger partial charge in [-0.2, -0.15) is 0 Å². The van der Waals surface area contributed by atoms with Gasteiger partial charge in [0.15, 0.2) is 6.29 Å². The molecule has 3 N–H and O–H groups in total. The topological polar surface area (TPSA) is 79.2 Å².